The van der Waals surface area contributed by atoms with Crippen LogP contribution in [0.4, 0.5) is 5.69 Å². The van der Waals surface area contributed by atoms with Gasteiger partial charge in [0.2, 0.25) is 0 Å². The Hall–Kier alpha value is -1.95. The lowest BCUT2D eigenvalue weighted by Gasteiger charge is -2.39. The zero-order chi connectivity index (χ0) is 14.9. The van der Waals surface area contributed by atoms with Gasteiger partial charge in [-0.2, -0.15) is 0 Å². The molecular formula is C14H19N3O3. The van der Waals surface area contributed by atoms with E-state index in [-0.39, 0.29) is 17.1 Å². The van der Waals surface area contributed by atoms with Crippen LogP contribution in [0.5, 0.6) is 0 Å². The van der Waals surface area contributed by atoms with Gasteiger partial charge in [0, 0.05) is 42.4 Å². The molecule has 1 heterocycles. The van der Waals surface area contributed by atoms with Gasteiger partial charge in [0.15, 0.2) is 0 Å². The van der Waals surface area contributed by atoms with E-state index in [0.29, 0.717) is 24.2 Å². The third kappa shape index (κ3) is 2.80. The first-order chi connectivity index (χ1) is 9.32. The van der Waals surface area contributed by atoms with Gasteiger partial charge in [0.1, 0.15) is 0 Å². The molecule has 1 aliphatic heterocycles. The van der Waals surface area contributed by atoms with Crippen molar-refractivity contribution in [3.05, 3.63) is 39.4 Å². The summed E-state index contributed by atoms with van der Waals surface area (Å²) >= 11 is 0. The van der Waals surface area contributed by atoms with Crippen molar-refractivity contribution >= 4 is 11.6 Å². The van der Waals surface area contributed by atoms with Crippen LogP contribution in [0, 0.1) is 17.0 Å². The lowest BCUT2D eigenvalue weighted by molar-refractivity contribution is -0.385. The van der Waals surface area contributed by atoms with Crippen molar-refractivity contribution in [3.63, 3.8) is 0 Å². The van der Waals surface area contributed by atoms with Crippen LogP contribution in [-0.4, -0.2) is 40.9 Å². The Labute approximate surface area is 117 Å². The summed E-state index contributed by atoms with van der Waals surface area (Å²) in [7, 11) is 0. The Morgan fingerprint density at radius 2 is 2.15 bits per heavy atom. The van der Waals surface area contributed by atoms with E-state index < -0.39 is 4.92 Å². The van der Waals surface area contributed by atoms with Crippen LogP contribution < -0.4 is 5.32 Å². The smallest absolute Gasteiger partial charge is 0.273 e. The number of hydrogen-bond acceptors (Lipinski definition) is 4. The molecule has 6 nitrogen and oxygen atoms in total. The first-order valence-electron chi connectivity index (χ1n) is 6.60. The van der Waals surface area contributed by atoms with Crippen molar-refractivity contribution < 1.29 is 9.72 Å². The molecular weight excluding hydrogens is 258 g/mol. The van der Waals surface area contributed by atoms with Gasteiger partial charge < -0.3 is 10.2 Å². The molecule has 108 valence electrons. The molecule has 1 amide bonds. The number of rotatable bonds is 2. The molecule has 0 aromatic heterocycles. The lowest BCUT2D eigenvalue weighted by atomic mass is 10.00. The number of piperazine rings is 1. The maximum absolute atomic E-state index is 12.6. The molecule has 1 aromatic rings. The van der Waals surface area contributed by atoms with E-state index >= 15 is 0 Å². The van der Waals surface area contributed by atoms with E-state index in [1.165, 1.54) is 6.07 Å². The standard InChI is InChI=1S/C14H19N3O3/c1-10-11(5-4-6-12(10)17(19)20)13(18)16-8-7-15-14(2,3)9-16/h4-6,15H,7-9H2,1-3H3. The minimum absolute atomic E-state index is 0.00903. The molecule has 6 heteroatoms. The van der Waals surface area contributed by atoms with E-state index in [0.717, 1.165) is 6.54 Å². The van der Waals surface area contributed by atoms with Crippen LogP contribution >= 0.6 is 0 Å². The van der Waals surface area contributed by atoms with E-state index in [9.17, 15) is 14.9 Å². The molecule has 0 unspecified atom stereocenters. The summed E-state index contributed by atoms with van der Waals surface area (Å²) < 4.78 is 0. The lowest BCUT2D eigenvalue weighted by Crippen LogP contribution is -2.58. The Kier molecular flexibility index (Phi) is 3.76. The molecule has 2 rings (SSSR count). The quantitative estimate of drug-likeness (QED) is 0.660. The minimum Gasteiger partial charge on any atom is -0.336 e. The fourth-order valence-electron chi connectivity index (χ4n) is 2.54. The van der Waals surface area contributed by atoms with Crippen molar-refractivity contribution in [2.24, 2.45) is 0 Å². The summed E-state index contributed by atoms with van der Waals surface area (Å²) in [5.74, 6) is -0.138. The number of nitro benzene ring substituents is 1. The van der Waals surface area contributed by atoms with Crippen LogP contribution in [0.15, 0.2) is 18.2 Å². The molecule has 20 heavy (non-hydrogen) atoms. The van der Waals surface area contributed by atoms with Crippen LogP contribution in [0.3, 0.4) is 0 Å². The second-order valence-electron chi connectivity index (χ2n) is 5.74. The van der Waals surface area contributed by atoms with Crippen LogP contribution in [0.1, 0.15) is 29.8 Å². The Morgan fingerprint density at radius 1 is 1.45 bits per heavy atom. The number of nitrogens with zero attached hydrogens (tertiary/aromatic N) is 2. The zero-order valence-electron chi connectivity index (χ0n) is 12.0. The topological polar surface area (TPSA) is 75.5 Å². The second-order valence-corrected chi connectivity index (χ2v) is 5.74. The van der Waals surface area contributed by atoms with Crippen LogP contribution in [-0.2, 0) is 0 Å². The van der Waals surface area contributed by atoms with Gasteiger partial charge in [-0.05, 0) is 26.8 Å². The van der Waals surface area contributed by atoms with E-state index in [2.05, 4.69) is 5.32 Å². The van der Waals surface area contributed by atoms with Crippen molar-refractivity contribution in [2.45, 2.75) is 26.3 Å². The molecule has 1 saturated heterocycles. The Bertz CT molecular complexity index is 555. The molecule has 0 radical (unpaired) electrons. The minimum atomic E-state index is -0.451. The molecule has 0 aliphatic carbocycles. The van der Waals surface area contributed by atoms with Crippen LogP contribution in [0.25, 0.3) is 0 Å². The number of nitro groups is 1. The Balaban J connectivity index is 2.30. The summed E-state index contributed by atoms with van der Waals surface area (Å²) in [5.41, 5.74) is 0.698. The fourth-order valence-corrected chi connectivity index (χ4v) is 2.54. The highest BCUT2D eigenvalue weighted by Crippen LogP contribution is 2.23. The molecule has 0 bridgehead atoms. The van der Waals surface area contributed by atoms with Crippen molar-refractivity contribution in [1.29, 1.82) is 0 Å². The fraction of sp³-hybridized carbons (Fsp3) is 0.500. The summed E-state index contributed by atoms with van der Waals surface area (Å²) in [4.78, 5) is 24.8. The third-order valence-electron chi connectivity index (χ3n) is 3.59. The van der Waals surface area contributed by atoms with Crippen molar-refractivity contribution in [1.82, 2.24) is 10.2 Å². The van der Waals surface area contributed by atoms with E-state index in [1.54, 1.807) is 24.0 Å². The van der Waals surface area contributed by atoms with Crippen molar-refractivity contribution in [2.75, 3.05) is 19.6 Å². The summed E-state index contributed by atoms with van der Waals surface area (Å²) in [6.45, 7) is 7.63. The summed E-state index contributed by atoms with van der Waals surface area (Å²) in [5, 5.41) is 14.3. The van der Waals surface area contributed by atoms with Gasteiger partial charge in [-0.3, -0.25) is 14.9 Å². The highest BCUT2D eigenvalue weighted by molar-refractivity contribution is 5.96. The van der Waals surface area contributed by atoms with Gasteiger partial charge in [0.05, 0.1) is 4.92 Å². The predicted molar refractivity (Wildman–Crippen MR) is 75.8 cm³/mol. The van der Waals surface area contributed by atoms with Gasteiger partial charge in [-0.15, -0.1) is 0 Å². The van der Waals surface area contributed by atoms with E-state index in [4.69, 9.17) is 0 Å². The predicted octanol–water partition coefficient (Wildman–Crippen LogP) is 1.73. The first-order valence-corrected chi connectivity index (χ1v) is 6.60. The average Bonchev–Trinajstić information content (AvgIpc) is 2.36. The second kappa shape index (κ2) is 5.20. The third-order valence-corrected chi connectivity index (χ3v) is 3.59. The van der Waals surface area contributed by atoms with Gasteiger partial charge in [-0.1, -0.05) is 6.07 Å². The highest BCUT2D eigenvalue weighted by atomic mass is 16.6. The molecule has 0 spiro atoms. The first kappa shape index (κ1) is 14.5. The molecule has 0 saturated carbocycles. The largest absolute Gasteiger partial charge is 0.336 e. The van der Waals surface area contributed by atoms with Gasteiger partial charge in [-0.25, -0.2) is 0 Å². The normalized spacial score (nSPS) is 17.9. The number of carbonyl (C=O) groups is 1. The number of hydrogen-bond donors (Lipinski definition) is 1. The van der Waals surface area contributed by atoms with Crippen LogP contribution in [0.2, 0.25) is 0 Å². The average molecular weight is 277 g/mol. The molecule has 1 aromatic carbocycles. The van der Waals surface area contributed by atoms with Gasteiger partial charge in [0.25, 0.3) is 11.6 Å². The van der Waals surface area contributed by atoms with Crippen molar-refractivity contribution in [3.8, 4) is 0 Å². The van der Waals surface area contributed by atoms with E-state index in [1.807, 2.05) is 13.8 Å². The molecule has 0 atom stereocenters. The summed E-state index contributed by atoms with van der Waals surface area (Å²) in [6, 6.07) is 4.64. The van der Waals surface area contributed by atoms with Gasteiger partial charge >= 0.3 is 0 Å². The number of nitrogens with one attached hydrogen (secondary N) is 1. The Morgan fingerprint density at radius 3 is 2.75 bits per heavy atom. The molecule has 1 aliphatic rings. The number of benzene rings is 1. The maximum Gasteiger partial charge on any atom is 0.273 e. The SMILES string of the molecule is Cc1c(C(=O)N2CCNC(C)(C)C2)cccc1[N+](=O)[O-]. The number of carbonyl (C=O) groups excluding carboxylic acids is 1. The highest BCUT2D eigenvalue weighted by Gasteiger charge is 2.30. The zero-order valence-corrected chi connectivity index (χ0v) is 12.0. The number of amides is 1. The monoisotopic (exact) mass is 277 g/mol. The molecule has 1 N–H and O–H groups in total. The summed E-state index contributed by atoms with van der Waals surface area (Å²) in [6.07, 6.45) is 0. The molecule has 1 fully saturated rings. The maximum atomic E-state index is 12.6.